The molecule has 0 bridgehead atoms. The van der Waals surface area contributed by atoms with Crippen LogP contribution >= 0.6 is 15.9 Å². The summed E-state index contributed by atoms with van der Waals surface area (Å²) in [5, 5.41) is 5.62. The fourth-order valence-corrected chi connectivity index (χ4v) is 4.07. The topological polar surface area (TPSA) is 78.5 Å². The molecule has 3 rings (SSSR count). The van der Waals surface area contributed by atoms with E-state index in [1.54, 1.807) is 6.07 Å². The first-order valence-corrected chi connectivity index (χ1v) is 9.41. The summed E-state index contributed by atoms with van der Waals surface area (Å²) in [7, 11) is 0. The second-order valence-corrected chi connectivity index (χ2v) is 7.74. The van der Waals surface area contributed by atoms with E-state index in [2.05, 4.69) is 26.6 Å². The lowest BCUT2D eigenvalue weighted by atomic mass is 9.90. The van der Waals surface area contributed by atoms with Crippen LogP contribution < -0.4 is 10.6 Å². The van der Waals surface area contributed by atoms with Gasteiger partial charge in [-0.25, -0.2) is 4.79 Å². The predicted octanol–water partition coefficient (Wildman–Crippen LogP) is 3.34. The number of aryl methyl sites for hydroxylation is 1. The van der Waals surface area contributed by atoms with Gasteiger partial charge in [-0.3, -0.25) is 14.5 Å². The van der Waals surface area contributed by atoms with Crippen molar-refractivity contribution in [1.29, 1.82) is 0 Å². The van der Waals surface area contributed by atoms with Crippen molar-refractivity contribution >= 4 is 39.5 Å². The zero-order valence-corrected chi connectivity index (χ0v) is 15.8. The molecule has 0 radical (unpaired) electrons. The Morgan fingerprint density at radius 1 is 1.24 bits per heavy atom. The maximum Gasteiger partial charge on any atom is 0.325 e. The van der Waals surface area contributed by atoms with E-state index in [4.69, 9.17) is 0 Å². The van der Waals surface area contributed by atoms with E-state index in [9.17, 15) is 14.4 Å². The lowest BCUT2D eigenvalue weighted by Gasteiger charge is -2.24. The van der Waals surface area contributed by atoms with Crippen molar-refractivity contribution in [2.75, 3.05) is 11.9 Å². The molecule has 1 aliphatic carbocycles. The highest BCUT2D eigenvalue weighted by Crippen LogP contribution is 2.32. The van der Waals surface area contributed by atoms with Gasteiger partial charge in [0.05, 0.1) is 0 Å². The summed E-state index contributed by atoms with van der Waals surface area (Å²) < 4.78 is 0.924. The van der Waals surface area contributed by atoms with Crippen LogP contribution in [0.4, 0.5) is 10.5 Å². The number of nitrogens with one attached hydrogen (secondary N) is 2. The summed E-state index contributed by atoms with van der Waals surface area (Å²) in [6.07, 6.45) is 5.31. The standard InChI is InChI=1S/C18H22BrN3O3/c1-12-10-13(19)6-7-14(12)20-15(23)11-22-16(24)18(21-17(22)25)8-4-2-3-5-9-18/h6-7,10H,2-5,8-9,11H2,1H3,(H,20,23)(H,21,25). The van der Waals surface area contributed by atoms with Crippen molar-refractivity contribution in [1.82, 2.24) is 10.2 Å². The number of amides is 4. The van der Waals surface area contributed by atoms with Gasteiger partial charge in [0, 0.05) is 10.2 Å². The minimum absolute atomic E-state index is 0.262. The molecule has 0 atom stereocenters. The van der Waals surface area contributed by atoms with Crippen LogP contribution in [0.1, 0.15) is 44.1 Å². The van der Waals surface area contributed by atoms with Gasteiger partial charge in [0.1, 0.15) is 12.1 Å². The van der Waals surface area contributed by atoms with Gasteiger partial charge in [0.2, 0.25) is 5.91 Å². The number of benzene rings is 1. The zero-order valence-electron chi connectivity index (χ0n) is 14.2. The molecule has 1 saturated carbocycles. The lowest BCUT2D eigenvalue weighted by molar-refractivity contribution is -0.134. The molecule has 2 aliphatic rings. The Morgan fingerprint density at radius 3 is 2.56 bits per heavy atom. The van der Waals surface area contributed by atoms with E-state index >= 15 is 0 Å². The third-order valence-corrected chi connectivity index (χ3v) is 5.46. The molecule has 4 amide bonds. The zero-order chi connectivity index (χ0) is 18.0. The smallest absolute Gasteiger partial charge is 0.324 e. The number of carbonyl (C=O) groups excluding carboxylic acids is 3. The number of hydrogen-bond acceptors (Lipinski definition) is 3. The average Bonchev–Trinajstić information content (AvgIpc) is 2.73. The van der Waals surface area contributed by atoms with Crippen LogP contribution in [-0.4, -0.2) is 34.8 Å². The molecule has 1 heterocycles. The largest absolute Gasteiger partial charge is 0.325 e. The van der Waals surface area contributed by atoms with Gasteiger partial charge >= 0.3 is 6.03 Å². The van der Waals surface area contributed by atoms with Crippen molar-refractivity contribution in [3.8, 4) is 0 Å². The van der Waals surface area contributed by atoms with E-state index in [1.807, 2.05) is 19.1 Å². The molecule has 1 aliphatic heterocycles. The van der Waals surface area contributed by atoms with E-state index in [0.717, 1.165) is 40.6 Å². The highest BCUT2D eigenvalue weighted by molar-refractivity contribution is 9.10. The fourth-order valence-electron chi connectivity index (χ4n) is 3.59. The molecule has 0 aromatic heterocycles. The Balaban J connectivity index is 1.68. The van der Waals surface area contributed by atoms with Crippen LogP contribution in [0.25, 0.3) is 0 Å². The normalized spacial score (nSPS) is 19.7. The number of rotatable bonds is 3. The van der Waals surface area contributed by atoms with E-state index in [-0.39, 0.29) is 18.4 Å². The molecule has 1 aromatic carbocycles. The van der Waals surface area contributed by atoms with Crippen LogP contribution in [-0.2, 0) is 9.59 Å². The number of carbonyl (C=O) groups is 3. The SMILES string of the molecule is Cc1cc(Br)ccc1NC(=O)CN1C(=O)NC2(CCCCCC2)C1=O. The quantitative estimate of drug-likeness (QED) is 0.754. The van der Waals surface area contributed by atoms with Gasteiger partial charge in [0.25, 0.3) is 5.91 Å². The highest BCUT2D eigenvalue weighted by atomic mass is 79.9. The van der Waals surface area contributed by atoms with Crippen molar-refractivity contribution < 1.29 is 14.4 Å². The van der Waals surface area contributed by atoms with Gasteiger partial charge < -0.3 is 10.6 Å². The Morgan fingerprint density at radius 2 is 1.92 bits per heavy atom. The predicted molar refractivity (Wildman–Crippen MR) is 98.2 cm³/mol. The summed E-state index contributed by atoms with van der Waals surface area (Å²) in [6.45, 7) is 1.62. The molecular formula is C18H22BrN3O3. The van der Waals surface area contributed by atoms with Crippen molar-refractivity contribution in [2.45, 2.75) is 51.0 Å². The molecule has 134 valence electrons. The molecule has 25 heavy (non-hydrogen) atoms. The van der Waals surface area contributed by atoms with E-state index < -0.39 is 11.6 Å². The molecule has 2 N–H and O–H groups in total. The molecule has 7 heteroatoms. The Bertz CT molecular complexity index is 712. The third-order valence-electron chi connectivity index (χ3n) is 4.97. The van der Waals surface area contributed by atoms with E-state index in [0.29, 0.717) is 18.5 Å². The second kappa shape index (κ2) is 7.15. The molecule has 2 fully saturated rings. The van der Waals surface area contributed by atoms with Gasteiger partial charge in [-0.15, -0.1) is 0 Å². The van der Waals surface area contributed by atoms with Crippen LogP contribution in [0.5, 0.6) is 0 Å². The highest BCUT2D eigenvalue weighted by Gasteiger charge is 2.51. The number of nitrogens with zero attached hydrogens (tertiary/aromatic N) is 1. The summed E-state index contributed by atoms with van der Waals surface area (Å²) >= 11 is 3.38. The van der Waals surface area contributed by atoms with Crippen LogP contribution in [0.2, 0.25) is 0 Å². The van der Waals surface area contributed by atoms with Gasteiger partial charge in [-0.2, -0.15) is 0 Å². The van der Waals surface area contributed by atoms with Crippen molar-refractivity contribution in [3.63, 3.8) is 0 Å². The summed E-state index contributed by atoms with van der Waals surface area (Å²) in [5.41, 5.74) is 0.770. The third kappa shape index (κ3) is 3.71. The molecule has 6 nitrogen and oxygen atoms in total. The van der Waals surface area contributed by atoms with Crippen molar-refractivity contribution in [2.24, 2.45) is 0 Å². The first kappa shape index (κ1) is 17.9. The number of halogens is 1. The molecular weight excluding hydrogens is 386 g/mol. The average molecular weight is 408 g/mol. The van der Waals surface area contributed by atoms with Crippen molar-refractivity contribution in [3.05, 3.63) is 28.2 Å². The Labute approximate surface area is 155 Å². The first-order chi connectivity index (χ1) is 11.9. The fraction of sp³-hybridized carbons (Fsp3) is 0.500. The number of hydrogen-bond donors (Lipinski definition) is 2. The van der Waals surface area contributed by atoms with Gasteiger partial charge in [-0.1, -0.05) is 41.6 Å². The summed E-state index contributed by atoms with van der Waals surface area (Å²) in [5.74, 6) is -0.637. The minimum atomic E-state index is -0.804. The van der Waals surface area contributed by atoms with Crippen LogP contribution in [0, 0.1) is 6.92 Å². The number of imide groups is 1. The summed E-state index contributed by atoms with van der Waals surface area (Å²) in [6, 6.07) is 5.05. The van der Waals surface area contributed by atoms with Crippen LogP contribution in [0.15, 0.2) is 22.7 Å². The van der Waals surface area contributed by atoms with Gasteiger partial charge in [-0.05, 0) is 43.5 Å². The maximum absolute atomic E-state index is 12.8. The van der Waals surface area contributed by atoms with E-state index in [1.165, 1.54) is 0 Å². The Kier molecular flexibility index (Phi) is 5.13. The second-order valence-electron chi connectivity index (χ2n) is 6.83. The van der Waals surface area contributed by atoms with Gasteiger partial charge in [0.15, 0.2) is 0 Å². The number of urea groups is 1. The molecule has 1 aromatic rings. The first-order valence-electron chi connectivity index (χ1n) is 8.61. The number of anilines is 1. The molecule has 0 unspecified atom stereocenters. The molecule has 1 saturated heterocycles. The van der Waals surface area contributed by atoms with Crippen LogP contribution in [0.3, 0.4) is 0 Å². The maximum atomic E-state index is 12.8. The Hall–Kier alpha value is -1.89. The minimum Gasteiger partial charge on any atom is -0.324 e. The monoisotopic (exact) mass is 407 g/mol. The lowest BCUT2D eigenvalue weighted by Crippen LogP contribution is -2.47. The molecule has 1 spiro atoms. The summed E-state index contributed by atoms with van der Waals surface area (Å²) in [4.78, 5) is 38.5.